The van der Waals surface area contributed by atoms with Crippen LogP contribution >= 0.6 is 23.4 Å². The molecule has 0 radical (unpaired) electrons. The van der Waals surface area contributed by atoms with Crippen LogP contribution in [0.25, 0.3) is 5.65 Å². The number of fused-ring (bicyclic) bond motifs is 1. The Labute approximate surface area is 224 Å². The number of aryl methyl sites for hydroxylation is 1. The van der Waals surface area contributed by atoms with Crippen LogP contribution in [0.4, 0.5) is 5.95 Å². The first kappa shape index (κ1) is 24.2. The molecule has 2 saturated heterocycles. The molecule has 2 aliphatic rings. The Balaban J connectivity index is 1.23. The Hall–Kier alpha value is -3.10. The summed E-state index contributed by atoms with van der Waals surface area (Å²) in [5.41, 5.74) is 8.73. The molecular weight excluding hydrogens is 508 g/mol. The van der Waals surface area contributed by atoms with Gasteiger partial charge in [0.25, 0.3) is 0 Å². The molecule has 2 aliphatic heterocycles. The van der Waals surface area contributed by atoms with Crippen molar-refractivity contribution >= 4 is 35.0 Å². The molecule has 5 heterocycles. The molecule has 1 spiro atoms. The van der Waals surface area contributed by atoms with Crippen LogP contribution in [0.5, 0.6) is 0 Å². The fraction of sp³-hybridized carbons (Fsp3) is 0.385. The first-order valence-corrected chi connectivity index (χ1v) is 13.4. The number of aromatic nitrogens is 6. The van der Waals surface area contributed by atoms with Crippen molar-refractivity contribution in [3.8, 4) is 11.8 Å². The summed E-state index contributed by atoms with van der Waals surface area (Å²) in [6.07, 6.45) is 7.48. The van der Waals surface area contributed by atoms with Gasteiger partial charge in [-0.25, -0.2) is 9.38 Å². The van der Waals surface area contributed by atoms with Gasteiger partial charge in [0.1, 0.15) is 12.0 Å². The Bertz CT molecular complexity index is 1510. The van der Waals surface area contributed by atoms with Crippen LogP contribution in [-0.4, -0.2) is 61.2 Å². The number of benzene rings is 1. The van der Waals surface area contributed by atoms with E-state index in [2.05, 4.69) is 39.0 Å². The van der Waals surface area contributed by atoms with E-state index in [1.807, 2.05) is 48.1 Å². The minimum absolute atomic E-state index is 0.0548. The minimum Gasteiger partial charge on any atom is -0.376 e. The van der Waals surface area contributed by atoms with Gasteiger partial charge in [-0.3, -0.25) is 4.68 Å². The molecular formula is C26H27ClN8OS. The highest BCUT2D eigenvalue weighted by molar-refractivity contribution is 7.99. The third-order valence-corrected chi connectivity index (χ3v) is 8.98. The van der Waals surface area contributed by atoms with E-state index in [1.54, 1.807) is 11.0 Å². The van der Waals surface area contributed by atoms with Crippen LogP contribution in [0.2, 0.25) is 5.02 Å². The monoisotopic (exact) mass is 534 g/mol. The number of piperidine rings is 1. The van der Waals surface area contributed by atoms with E-state index >= 15 is 0 Å². The number of rotatable bonds is 3. The summed E-state index contributed by atoms with van der Waals surface area (Å²) in [6, 6.07) is 7.76. The lowest BCUT2D eigenvalue weighted by Gasteiger charge is -2.41. The molecule has 0 aliphatic carbocycles. The van der Waals surface area contributed by atoms with Crippen LogP contribution in [0.3, 0.4) is 0 Å². The van der Waals surface area contributed by atoms with Gasteiger partial charge in [0.2, 0.25) is 5.95 Å². The third-order valence-electron chi connectivity index (χ3n) is 7.39. The van der Waals surface area contributed by atoms with E-state index in [9.17, 15) is 0 Å². The summed E-state index contributed by atoms with van der Waals surface area (Å²) in [7, 11) is 1.86. The maximum atomic E-state index is 6.75. The molecule has 9 nitrogen and oxygen atoms in total. The first-order valence-electron chi connectivity index (χ1n) is 12.2. The molecule has 37 heavy (non-hydrogen) atoms. The fourth-order valence-corrected chi connectivity index (χ4v) is 6.34. The molecule has 3 aromatic heterocycles. The molecule has 0 unspecified atom stereocenters. The highest BCUT2D eigenvalue weighted by Crippen LogP contribution is 2.42. The van der Waals surface area contributed by atoms with Crippen molar-refractivity contribution in [2.24, 2.45) is 18.2 Å². The highest BCUT2D eigenvalue weighted by atomic mass is 35.5. The van der Waals surface area contributed by atoms with Gasteiger partial charge < -0.3 is 15.4 Å². The normalized spacial score (nSPS) is 20.9. The minimum atomic E-state index is 0.0548. The van der Waals surface area contributed by atoms with Crippen molar-refractivity contribution in [1.29, 1.82) is 0 Å². The van der Waals surface area contributed by atoms with E-state index in [4.69, 9.17) is 27.1 Å². The molecule has 2 N–H and O–H groups in total. The van der Waals surface area contributed by atoms with Crippen molar-refractivity contribution in [3.63, 3.8) is 0 Å². The lowest BCUT2D eigenvalue weighted by atomic mass is 9.73. The van der Waals surface area contributed by atoms with Crippen LogP contribution < -0.4 is 10.6 Å². The van der Waals surface area contributed by atoms with Gasteiger partial charge in [-0.05, 0) is 43.9 Å². The lowest BCUT2D eigenvalue weighted by Crippen LogP contribution is -2.51. The van der Waals surface area contributed by atoms with Crippen molar-refractivity contribution in [3.05, 3.63) is 59.3 Å². The molecule has 6 rings (SSSR count). The summed E-state index contributed by atoms with van der Waals surface area (Å²) in [6.45, 7) is 4.53. The Morgan fingerprint density at radius 3 is 2.76 bits per heavy atom. The van der Waals surface area contributed by atoms with Crippen molar-refractivity contribution < 1.29 is 4.74 Å². The fourth-order valence-electron chi connectivity index (χ4n) is 5.13. The summed E-state index contributed by atoms with van der Waals surface area (Å²) < 4.78 is 9.55. The number of hydrogen-bond donors (Lipinski definition) is 1. The van der Waals surface area contributed by atoms with Crippen LogP contribution in [0, 0.1) is 17.3 Å². The van der Waals surface area contributed by atoms with Gasteiger partial charge in [-0.2, -0.15) is 5.10 Å². The second-order valence-corrected chi connectivity index (χ2v) is 11.1. The highest BCUT2D eigenvalue weighted by Gasteiger charge is 2.47. The molecule has 0 bridgehead atoms. The van der Waals surface area contributed by atoms with Crippen molar-refractivity contribution in [2.75, 3.05) is 24.6 Å². The number of anilines is 1. The van der Waals surface area contributed by atoms with Crippen LogP contribution in [0.1, 0.15) is 31.0 Å². The zero-order valence-corrected chi connectivity index (χ0v) is 22.2. The molecule has 2 atom stereocenters. The van der Waals surface area contributed by atoms with Gasteiger partial charge in [0, 0.05) is 54.4 Å². The SMILES string of the molecule is C[C@@H]1OCC2(CCN(c3ncc(Sc4cccc(C#Cc5ccn(C)n5)c4Cl)c4nncn34)CC2)[C@@H]1N. The van der Waals surface area contributed by atoms with Gasteiger partial charge in [-0.15, -0.1) is 10.2 Å². The van der Waals surface area contributed by atoms with Gasteiger partial charge >= 0.3 is 0 Å². The summed E-state index contributed by atoms with van der Waals surface area (Å²) in [5.74, 6) is 7.04. The molecule has 190 valence electrons. The molecule has 2 fully saturated rings. The Morgan fingerprint density at radius 2 is 2.03 bits per heavy atom. The summed E-state index contributed by atoms with van der Waals surface area (Å²) >= 11 is 8.25. The predicted molar refractivity (Wildman–Crippen MR) is 143 cm³/mol. The van der Waals surface area contributed by atoms with E-state index in [1.165, 1.54) is 11.8 Å². The number of hydrogen-bond acceptors (Lipinski definition) is 8. The number of halogens is 1. The van der Waals surface area contributed by atoms with E-state index in [0.29, 0.717) is 10.7 Å². The number of ether oxygens (including phenoxy) is 1. The average molecular weight is 535 g/mol. The topological polar surface area (TPSA) is 99.4 Å². The Morgan fingerprint density at radius 1 is 1.19 bits per heavy atom. The predicted octanol–water partition coefficient (Wildman–Crippen LogP) is 3.39. The smallest absolute Gasteiger partial charge is 0.212 e. The zero-order valence-electron chi connectivity index (χ0n) is 20.6. The zero-order chi connectivity index (χ0) is 25.6. The second-order valence-electron chi connectivity index (χ2n) is 9.68. The first-order chi connectivity index (χ1) is 17.9. The van der Waals surface area contributed by atoms with E-state index in [-0.39, 0.29) is 17.6 Å². The molecule has 4 aromatic rings. The molecule has 0 saturated carbocycles. The van der Waals surface area contributed by atoms with Crippen molar-refractivity contribution in [2.45, 2.75) is 41.7 Å². The van der Waals surface area contributed by atoms with Gasteiger partial charge in [0.05, 0.1) is 22.6 Å². The number of nitrogens with two attached hydrogens (primary N) is 1. The second kappa shape index (κ2) is 9.65. The van der Waals surface area contributed by atoms with E-state index < -0.39 is 0 Å². The Kier molecular flexibility index (Phi) is 6.32. The maximum Gasteiger partial charge on any atom is 0.212 e. The third kappa shape index (κ3) is 4.46. The molecule has 1 aromatic carbocycles. The van der Waals surface area contributed by atoms with E-state index in [0.717, 1.165) is 59.5 Å². The quantitative estimate of drug-likeness (QED) is 0.399. The van der Waals surface area contributed by atoms with Gasteiger partial charge in [0.15, 0.2) is 5.65 Å². The van der Waals surface area contributed by atoms with Crippen molar-refractivity contribution in [1.82, 2.24) is 29.4 Å². The maximum absolute atomic E-state index is 6.75. The number of nitrogens with zero attached hydrogens (tertiary/aromatic N) is 7. The summed E-state index contributed by atoms with van der Waals surface area (Å²) in [5, 5.41) is 13.5. The molecule has 0 amide bonds. The molecule has 11 heteroatoms. The average Bonchev–Trinajstić information content (AvgIpc) is 3.63. The van der Waals surface area contributed by atoms with Crippen LogP contribution in [0.15, 0.2) is 52.8 Å². The van der Waals surface area contributed by atoms with Crippen LogP contribution in [-0.2, 0) is 11.8 Å². The largest absolute Gasteiger partial charge is 0.376 e. The summed E-state index contributed by atoms with van der Waals surface area (Å²) in [4.78, 5) is 8.85. The lowest BCUT2D eigenvalue weighted by molar-refractivity contribution is 0.0973. The standard InChI is InChI=1S/C26H27ClN8OS/c1-17-23(28)26(15-36-17)9-12-34(13-10-26)25-29-14-21(24-31-30-16-35(24)25)37-20-5-3-4-18(22(20)27)6-7-19-8-11-33(2)32-19/h3-5,8,11,14,16-17,23H,9-10,12-13,15,28H2,1-2H3/t17-,23+/m0/s1. The van der Waals surface area contributed by atoms with Gasteiger partial charge in [-0.1, -0.05) is 35.3 Å².